The molecule has 36 heavy (non-hydrogen) atoms. The number of rotatable bonds is 7. The van der Waals surface area contributed by atoms with Gasteiger partial charge in [-0.25, -0.2) is 4.39 Å². The maximum absolute atomic E-state index is 14.5. The lowest BCUT2D eigenvalue weighted by Gasteiger charge is -2.33. The Morgan fingerprint density at radius 2 is 1.89 bits per heavy atom. The Morgan fingerprint density at radius 1 is 1.14 bits per heavy atom. The Hall–Kier alpha value is -3.04. The Bertz CT molecular complexity index is 1210. The molecule has 3 heterocycles. The second-order valence-corrected chi connectivity index (χ2v) is 9.98. The molecule has 1 saturated heterocycles. The van der Waals surface area contributed by atoms with Crippen LogP contribution < -0.4 is 10.9 Å². The Morgan fingerprint density at radius 3 is 2.58 bits per heavy atom. The second-order valence-electron chi connectivity index (χ2n) is 9.98. The fourth-order valence-electron chi connectivity index (χ4n) is 6.38. The van der Waals surface area contributed by atoms with Gasteiger partial charge >= 0.3 is 0 Å². The summed E-state index contributed by atoms with van der Waals surface area (Å²) in [5.74, 6) is -1.89. The fraction of sp³-hybridized carbons (Fsp3) is 0.519. The first-order chi connectivity index (χ1) is 17.5. The molecule has 2 fully saturated rings. The molecule has 4 atom stereocenters. The highest BCUT2D eigenvalue weighted by molar-refractivity contribution is 5.90. The third-order valence-electron chi connectivity index (χ3n) is 8.07. The SMILES string of the molecule is COCCNC(=O)[C@H]1[C@H](CO)[C@H]2Cn3c(ccc(-c4ccccc4F)c3=O)[C@H]2N1C(=O)C1CCCC1. The lowest BCUT2D eigenvalue weighted by Crippen LogP contribution is -2.52. The van der Waals surface area contributed by atoms with Crippen molar-refractivity contribution in [3.8, 4) is 11.1 Å². The number of methoxy groups -OCH3 is 1. The Kier molecular flexibility index (Phi) is 6.94. The summed E-state index contributed by atoms with van der Waals surface area (Å²) in [5.41, 5.74) is 0.767. The minimum absolute atomic E-state index is 0.0931. The normalized spacial score (nSPS) is 25.1. The van der Waals surface area contributed by atoms with E-state index < -0.39 is 23.8 Å². The first-order valence-corrected chi connectivity index (χ1v) is 12.7. The predicted molar refractivity (Wildman–Crippen MR) is 130 cm³/mol. The molecule has 1 aromatic carbocycles. The van der Waals surface area contributed by atoms with Crippen molar-refractivity contribution in [1.29, 1.82) is 0 Å². The van der Waals surface area contributed by atoms with Crippen LogP contribution in [0.5, 0.6) is 0 Å². The molecule has 0 radical (unpaired) electrons. The number of nitrogens with zero attached hydrogens (tertiary/aromatic N) is 2. The van der Waals surface area contributed by atoms with Crippen LogP contribution in [0.1, 0.15) is 37.4 Å². The third-order valence-corrected chi connectivity index (χ3v) is 8.07. The molecule has 8 nitrogen and oxygen atoms in total. The zero-order chi connectivity index (χ0) is 25.4. The van der Waals surface area contributed by atoms with Crippen LogP contribution in [0.4, 0.5) is 4.39 Å². The number of pyridine rings is 1. The first-order valence-electron chi connectivity index (χ1n) is 12.7. The predicted octanol–water partition coefficient (Wildman–Crippen LogP) is 2.10. The molecule has 0 bridgehead atoms. The van der Waals surface area contributed by atoms with Crippen LogP contribution in [-0.4, -0.2) is 59.3 Å². The van der Waals surface area contributed by atoms with Crippen LogP contribution in [0, 0.1) is 23.6 Å². The Balaban J connectivity index is 1.56. The molecule has 2 N–H and O–H groups in total. The monoisotopic (exact) mass is 497 g/mol. The summed E-state index contributed by atoms with van der Waals surface area (Å²) in [4.78, 5) is 42.3. The summed E-state index contributed by atoms with van der Waals surface area (Å²) in [6.45, 7) is 0.596. The van der Waals surface area contributed by atoms with E-state index in [0.717, 1.165) is 25.7 Å². The van der Waals surface area contributed by atoms with Gasteiger partial charge in [-0.1, -0.05) is 31.0 Å². The number of likely N-dealkylation sites (tertiary alicyclic amines) is 1. The van der Waals surface area contributed by atoms with E-state index in [1.54, 1.807) is 46.9 Å². The number of halogens is 1. The number of amides is 2. The number of carbonyl (C=O) groups is 2. The minimum Gasteiger partial charge on any atom is -0.396 e. The minimum atomic E-state index is -0.829. The van der Waals surface area contributed by atoms with Crippen molar-refractivity contribution in [2.45, 2.75) is 44.3 Å². The maximum Gasteiger partial charge on any atom is 0.258 e. The molecule has 3 aliphatic rings. The van der Waals surface area contributed by atoms with Gasteiger partial charge in [-0.05, 0) is 31.0 Å². The van der Waals surface area contributed by atoms with Crippen LogP contribution in [0.25, 0.3) is 11.1 Å². The van der Waals surface area contributed by atoms with Gasteiger partial charge in [-0.2, -0.15) is 0 Å². The third kappa shape index (κ3) is 4.04. The number of hydrogen-bond donors (Lipinski definition) is 2. The number of aliphatic hydroxyl groups excluding tert-OH is 1. The van der Waals surface area contributed by atoms with Crippen LogP contribution >= 0.6 is 0 Å². The van der Waals surface area contributed by atoms with Gasteiger partial charge in [0.15, 0.2) is 0 Å². The number of nitrogens with one attached hydrogen (secondary N) is 1. The zero-order valence-corrected chi connectivity index (χ0v) is 20.4. The summed E-state index contributed by atoms with van der Waals surface area (Å²) >= 11 is 0. The van der Waals surface area contributed by atoms with E-state index in [9.17, 15) is 23.9 Å². The summed E-state index contributed by atoms with van der Waals surface area (Å²) in [5, 5.41) is 13.3. The largest absolute Gasteiger partial charge is 0.396 e. The van der Waals surface area contributed by atoms with Crippen molar-refractivity contribution >= 4 is 11.8 Å². The molecule has 2 amide bonds. The summed E-state index contributed by atoms with van der Waals surface area (Å²) < 4.78 is 21.1. The molecular formula is C27H32FN3O5. The van der Waals surface area contributed by atoms with Crippen LogP contribution in [0.15, 0.2) is 41.2 Å². The van der Waals surface area contributed by atoms with Gasteiger partial charge in [0.1, 0.15) is 11.9 Å². The molecule has 0 spiro atoms. The lowest BCUT2D eigenvalue weighted by molar-refractivity contribution is -0.144. The molecule has 9 heteroatoms. The molecule has 2 aliphatic heterocycles. The maximum atomic E-state index is 14.5. The van der Waals surface area contributed by atoms with E-state index in [1.165, 1.54) is 6.07 Å². The number of hydrogen-bond acceptors (Lipinski definition) is 5. The summed E-state index contributed by atoms with van der Waals surface area (Å²) in [7, 11) is 1.54. The van der Waals surface area contributed by atoms with Crippen molar-refractivity contribution in [2.75, 3.05) is 26.9 Å². The molecule has 2 aromatic rings. The second kappa shape index (κ2) is 10.1. The van der Waals surface area contributed by atoms with E-state index in [2.05, 4.69) is 5.32 Å². The van der Waals surface area contributed by atoms with Gasteiger partial charge in [0.25, 0.3) is 5.56 Å². The van der Waals surface area contributed by atoms with Crippen molar-refractivity contribution in [3.05, 3.63) is 58.3 Å². The van der Waals surface area contributed by atoms with Crippen molar-refractivity contribution in [3.63, 3.8) is 0 Å². The first kappa shape index (κ1) is 24.6. The lowest BCUT2D eigenvalue weighted by atomic mass is 9.88. The number of benzene rings is 1. The number of ether oxygens (including phenoxy) is 1. The van der Waals surface area contributed by atoms with Gasteiger partial charge in [0, 0.05) is 55.8 Å². The highest BCUT2D eigenvalue weighted by Gasteiger charge is 2.58. The van der Waals surface area contributed by atoms with E-state index in [4.69, 9.17) is 4.74 Å². The van der Waals surface area contributed by atoms with Gasteiger partial charge < -0.3 is 24.6 Å². The number of carbonyl (C=O) groups excluding carboxylic acids is 2. The smallest absolute Gasteiger partial charge is 0.258 e. The molecule has 0 unspecified atom stereocenters. The topological polar surface area (TPSA) is 101 Å². The standard InChI is InChI=1S/C27H32FN3O5/c1-36-13-12-29-25(33)24-20(15-32)19-14-30-22(23(19)31(24)26(34)16-6-2-3-7-16)11-10-18(27(30)35)17-8-4-5-9-21(17)28/h4-5,8-11,16,19-20,23-24,32H,2-3,6-7,12-15H2,1H3,(H,29,33)/t19-,20-,23+,24-/m1/s1. The summed E-state index contributed by atoms with van der Waals surface area (Å²) in [6, 6.07) is 8.18. The van der Waals surface area contributed by atoms with Crippen LogP contribution in [-0.2, 0) is 20.9 Å². The molecule has 1 aliphatic carbocycles. The molecule has 5 rings (SSSR count). The van der Waals surface area contributed by atoms with Crippen molar-refractivity contribution in [1.82, 2.24) is 14.8 Å². The average Bonchev–Trinajstić information content (AvgIpc) is 3.60. The Labute approximate surface area is 209 Å². The average molecular weight is 498 g/mol. The van der Waals surface area contributed by atoms with Gasteiger partial charge in [0.05, 0.1) is 18.2 Å². The van der Waals surface area contributed by atoms with Crippen molar-refractivity contribution in [2.24, 2.45) is 17.8 Å². The molecular weight excluding hydrogens is 465 g/mol. The summed E-state index contributed by atoms with van der Waals surface area (Å²) in [6.07, 6.45) is 3.48. The molecule has 192 valence electrons. The highest BCUT2D eigenvalue weighted by Crippen LogP contribution is 2.50. The molecule has 1 aromatic heterocycles. The van der Waals surface area contributed by atoms with E-state index in [-0.39, 0.29) is 53.5 Å². The van der Waals surface area contributed by atoms with Gasteiger partial charge in [-0.15, -0.1) is 0 Å². The highest BCUT2D eigenvalue weighted by atomic mass is 19.1. The van der Waals surface area contributed by atoms with Crippen LogP contribution in [0.3, 0.4) is 0 Å². The molecule has 1 saturated carbocycles. The number of fused-ring (bicyclic) bond motifs is 3. The van der Waals surface area contributed by atoms with E-state index >= 15 is 0 Å². The van der Waals surface area contributed by atoms with Crippen LogP contribution in [0.2, 0.25) is 0 Å². The quantitative estimate of drug-likeness (QED) is 0.571. The number of aliphatic hydroxyl groups is 1. The van der Waals surface area contributed by atoms with E-state index in [0.29, 0.717) is 18.8 Å². The van der Waals surface area contributed by atoms with E-state index in [1.807, 2.05) is 0 Å². The number of aromatic nitrogens is 1. The van der Waals surface area contributed by atoms with Crippen molar-refractivity contribution < 1.29 is 23.8 Å². The van der Waals surface area contributed by atoms with Gasteiger partial charge in [-0.3, -0.25) is 14.4 Å². The van der Waals surface area contributed by atoms with Gasteiger partial charge in [0.2, 0.25) is 11.8 Å². The fourth-order valence-corrected chi connectivity index (χ4v) is 6.38. The zero-order valence-electron chi connectivity index (χ0n) is 20.4.